The topological polar surface area (TPSA) is 78.9 Å². The van der Waals surface area contributed by atoms with Crippen LogP contribution in [0, 0.1) is 5.92 Å². The maximum atomic E-state index is 12.5. The zero-order valence-corrected chi connectivity index (χ0v) is 11.6. The lowest BCUT2D eigenvalue weighted by Crippen LogP contribution is -2.51. The van der Waals surface area contributed by atoms with Crippen molar-refractivity contribution in [1.82, 2.24) is 4.90 Å². The Hall–Kier alpha value is -2.24. The number of benzene rings is 1. The fraction of sp³-hybridized carbons (Fsp3) is 0.467. The zero-order valence-electron chi connectivity index (χ0n) is 11.6. The summed E-state index contributed by atoms with van der Waals surface area (Å²) in [6.45, 7) is 1.28. The van der Waals surface area contributed by atoms with Crippen molar-refractivity contribution in [3.05, 3.63) is 24.3 Å². The van der Waals surface area contributed by atoms with Crippen LogP contribution in [-0.4, -0.2) is 47.6 Å². The first-order valence-electron chi connectivity index (χ1n) is 7.16. The highest BCUT2D eigenvalue weighted by Crippen LogP contribution is 2.29. The number of aliphatic carboxylic acids is 1. The molecule has 2 atom stereocenters. The molecular formula is C15H18N2O4. The van der Waals surface area contributed by atoms with Gasteiger partial charge in [-0.2, -0.15) is 0 Å². The SMILES string of the molecule is O=C(O)[C@H]1CCCN(C(=O)C2CNc3ccccc3O2)C1. The summed E-state index contributed by atoms with van der Waals surface area (Å²) in [6, 6.07) is 7.48. The number of carbonyl (C=O) groups excluding carboxylic acids is 1. The van der Waals surface area contributed by atoms with Crippen LogP contribution in [0.3, 0.4) is 0 Å². The molecule has 2 N–H and O–H groups in total. The van der Waals surface area contributed by atoms with Crippen molar-refractivity contribution in [3.8, 4) is 5.75 Å². The van der Waals surface area contributed by atoms with Gasteiger partial charge in [-0.05, 0) is 25.0 Å². The number of likely N-dealkylation sites (tertiary alicyclic amines) is 1. The Bertz CT molecular complexity index is 560. The Morgan fingerprint density at radius 3 is 2.95 bits per heavy atom. The van der Waals surface area contributed by atoms with Crippen LogP contribution >= 0.6 is 0 Å². The van der Waals surface area contributed by atoms with E-state index in [1.54, 1.807) is 4.90 Å². The minimum absolute atomic E-state index is 0.136. The number of carboxylic acid groups (broad SMARTS) is 1. The number of anilines is 1. The quantitative estimate of drug-likeness (QED) is 0.855. The van der Waals surface area contributed by atoms with Crippen LogP contribution in [-0.2, 0) is 9.59 Å². The third-order valence-electron chi connectivity index (χ3n) is 3.99. The van der Waals surface area contributed by atoms with Crippen LogP contribution in [0.2, 0.25) is 0 Å². The van der Waals surface area contributed by atoms with E-state index in [1.807, 2.05) is 24.3 Å². The highest BCUT2D eigenvalue weighted by Gasteiger charge is 2.34. The highest BCUT2D eigenvalue weighted by molar-refractivity contribution is 5.84. The molecule has 0 radical (unpaired) electrons. The first-order chi connectivity index (χ1) is 10.1. The summed E-state index contributed by atoms with van der Waals surface area (Å²) >= 11 is 0. The van der Waals surface area contributed by atoms with Gasteiger partial charge in [0, 0.05) is 13.1 Å². The minimum atomic E-state index is -0.833. The molecule has 1 fully saturated rings. The standard InChI is InChI=1S/C15H18N2O4/c18-14(17-7-3-4-10(9-17)15(19)20)13-8-16-11-5-1-2-6-12(11)21-13/h1-2,5-6,10,13,16H,3-4,7-9H2,(H,19,20)/t10-,13?/m0/s1. The van der Waals surface area contributed by atoms with Gasteiger partial charge in [-0.1, -0.05) is 12.1 Å². The van der Waals surface area contributed by atoms with E-state index in [-0.39, 0.29) is 12.5 Å². The zero-order chi connectivity index (χ0) is 14.8. The number of rotatable bonds is 2. The third-order valence-corrected chi connectivity index (χ3v) is 3.99. The number of hydrogen-bond acceptors (Lipinski definition) is 4. The van der Waals surface area contributed by atoms with E-state index in [9.17, 15) is 9.59 Å². The average molecular weight is 290 g/mol. The van der Waals surface area contributed by atoms with E-state index in [2.05, 4.69) is 5.32 Å². The van der Waals surface area contributed by atoms with Crippen molar-refractivity contribution >= 4 is 17.6 Å². The Kier molecular flexibility index (Phi) is 3.68. The van der Waals surface area contributed by atoms with Crippen LogP contribution in [0.5, 0.6) is 5.75 Å². The Labute approximate surface area is 122 Å². The summed E-state index contributed by atoms with van der Waals surface area (Å²) in [4.78, 5) is 25.2. The van der Waals surface area contributed by atoms with Crippen LogP contribution in [0.25, 0.3) is 0 Å². The van der Waals surface area contributed by atoms with E-state index >= 15 is 0 Å². The van der Waals surface area contributed by atoms with Gasteiger partial charge < -0.3 is 20.1 Å². The molecule has 1 aromatic rings. The molecule has 3 rings (SSSR count). The van der Waals surface area contributed by atoms with Gasteiger partial charge in [-0.3, -0.25) is 9.59 Å². The molecule has 112 valence electrons. The number of hydrogen-bond donors (Lipinski definition) is 2. The third kappa shape index (κ3) is 2.79. The first kappa shape index (κ1) is 13.7. The number of nitrogens with zero attached hydrogens (tertiary/aromatic N) is 1. The fourth-order valence-corrected chi connectivity index (χ4v) is 2.83. The second-order valence-electron chi connectivity index (χ2n) is 5.45. The van der Waals surface area contributed by atoms with Gasteiger partial charge in [0.25, 0.3) is 5.91 Å². The molecule has 21 heavy (non-hydrogen) atoms. The van der Waals surface area contributed by atoms with Crippen molar-refractivity contribution < 1.29 is 19.4 Å². The van der Waals surface area contributed by atoms with Crippen molar-refractivity contribution in [2.45, 2.75) is 18.9 Å². The molecule has 2 aliphatic heterocycles. The minimum Gasteiger partial charge on any atom is -0.481 e. The van der Waals surface area contributed by atoms with E-state index in [1.165, 1.54) is 0 Å². The number of nitrogens with one attached hydrogen (secondary N) is 1. The number of piperidine rings is 1. The molecule has 2 aliphatic rings. The molecule has 6 heteroatoms. The summed E-state index contributed by atoms with van der Waals surface area (Å²) in [5, 5.41) is 12.3. The van der Waals surface area contributed by atoms with E-state index in [0.717, 1.165) is 12.1 Å². The molecule has 0 aromatic heterocycles. The summed E-state index contributed by atoms with van der Waals surface area (Å²) < 4.78 is 5.74. The summed E-state index contributed by atoms with van der Waals surface area (Å²) in [5.74, 6) is -0.774. The highest BCUT2D eigenvalue weighted by atomic mass is 16.5. The smallest absolute Gasteiger partial charge is 0.308 e. The number of para-hydroxylation sites is 2. The second-order valence-corrected chi connectivity index (χ2v) is 5.45. The van der Waals surface area contributed by atoms with Crippen molar-refractivity contribution in [3.63, 3.8) is 0 Å². The van der Waals surface area contributed by atoms with Crippen molar-refractivity contribution in [2.24, 2.45) is 5.92 Å². The molecule has 1 amide bonds. The van der Waals surface area contributed by atoms with Gasteiger partial charge in [-0.15, -0.1) is 0 Å². The summed E-state index contributed by atoms with van der Waals surface area (Å²) in [5.41, 5.74) is 0.878. The van der Waals surface area contributed by atoms with Crippen molar-refractivity contribution in [2.75, 3.05) is 25.0 Å². The molecule has 0 aliphatic carbocycles. The van der Waals surface area contributed by atoms with Gasteiger partial charge in [-0.25, -0.2) is 0 Å². The lowest BCUT2D eigenvalue weighted by molar-refractivity contribution is -0.147. The normalized spacial score (nSPS) is 24.5. The number of ether oxygens (including phenoxy) is 1. The average Bonchev–Trinajstić information content (AvgIpc) is 2.53. The van der Waals surface area contributed by atoms with Crippen LogP contribution in [0.15, 0.2) is 24.3 Å². The largest absolute Gasteiger partial charge is 0.481 e. The number of carboxylic acids is 1. The maximum Gasteiger partial charge on any atom is 0.308 e. The molecule has 1 aromatic carbocycles. The Balaban J connectivity index is 1.67. The lowest BCUT2D eigenvalue weighted by atomic mass is 9.98. The molecule has 0 bridgehead atoms. The van der Waals surface area contributed by atoms with E-state index in [4.69, 9.17) is 9.84 Å². The second kappa shape index (κ2) is 5.63. The molecule has 1 saturated heterocycles. The maximum absolute atomic E-state index is 12.5. The van der Waals surface area contributed by atoms with Gasteiger partial charge in [0.15, 0.2) is 6.10 Å². The summed E-state index contributed by atoms with van der Waals surface area (Å²) in [6.07, 6.45) is 0.762. The number of carbonyl (C=O) groups is 2. The Morgan fingerprint density at radius 1 is 1.33 bits per heavy atom. The molecule has 0 saturated carbocycles. The van der Waals surface area contributed by atoms with Crippen molar-refractivity contribution in [1.29, 1.82) is 0 Å². The Morgan fingerprint density at radius 2 is 2.14 bits per heavy atom. The molecule has 6 nitrogen and oxygen atoms in total. The lowest BCUT2D eigenvalue weighted by Gasteiger charge is -2.35. The number of amides is 1. The van der Waals surface area contributed by atoms with Crippen LogP contribution in [0.1, 0.15) is 12.8 Å². The van der Waals surface area contributed by atoms with Gasteiger partial charge in [0.1, 0.15) is 5.75 Å². The molecule has 0 spiro atoms. The predicted octanol–water partition coefficient (Wildman–Crippen LogP) is 1.18. The van der Waals surface area contributed by atoms with Crippen LogP contribution < -0.4 is 10.1 Å². The molecule has 1 unspecified atom stereocenters. The van der Waals surface area contributed by atoms with E-state index < -0.39 is 18.0 Å². The molecular weight excluding hydrogens is 272 g/mol. The van der Waals surface area contributed by atoms with Crippen LogP contribution in [0.4, 0.5) is 5.69 Å². The van der Waals surface area contributed by atoms with Gasteiger partial charge in [0.05, 0.1) is 18.2 Å². The molecule has 2 heterocycles. The van der Waals surface area contributed by atoms with Gasteiger partial charge in [0.2, 0.25) is 0 Å². The van der Waals surface area contributed by atoms with Gasteiger partial charge >= 0.3 is 5.97 Å². The first-order valence-corrected chi connectivity index (χ1v) is 7.16. The number of fused-ring (bicyclic) bond motifs is 1. The summed E-state index contributed by atoms with van der Waals surface area (Å²) in [7, 11) is 0. The monoisotopic (exact) mass is 290 g/mol. The fourth-order valence-electron chi connectivity index (χ4n) is 2.83. The van der Waals surface area contributed by atoms with E-state index in [0.29, 0.717) is 25.3 Å². The predicted molar refractivity (Wildman–Crippen MR) is 76.3 cm³/mol.